The minimum atomic E-state index is -0.839. The first-order chi connectivity index (χ1) is 39.0. The standard InChI is InChI=1S/C73H141NO5/c1-3-5-7-9-11-13-14-15-16-17-38-41-44-47-51-55-59-63-67-73(78)79-68-64-60-56-52-48-45-42-39-36-34-32-30-28-26-24-22-20-18-19-21-23-25-27-29-31-33-35-37-40-43-46-50-54-58-62-66-72(77)74-70(69-75)71(76)65-61-57-53-49-12-10-8-6-4-2/h20,22,61,65,70-71,75-76H,3-19,21,23-60,62-64,66-69H2,1-2H3,(H,74,77)/b22-20-,65-61+. The number of carbonyl (C=O) groups excluding carboxylic acids is 2. The molecule has 2 atom stereocenters. The number of aliphatic hydroxyl groups is 2. The van der Waals surface area contributed by atoms with Crippen molar-refractivity contribution in [1.29, 1.82) is 0 Å². The first-order valence-corrected chi connectivity index (χ1v) is 36.1. The van der Waals surface area contributed by atoms with Crippen LogP contribution >= 0.6 is 0 Å². The summed E-state index contributed by atoms with van der Waals surface area (Å²) in [5, 5.41) is 23.0. The molecule has 0 saturated heterocycles. The van der Waals surface area contributed by atoms with Gasteiger partial charge in [0.2, 0.25) is 5.91 Å². The van der Waals surface area contributed by atoms with Gasteiger partial charge < -0.3 is 20.3 Å². The van der Waals surface area contributed by atoms with Gasteiger partial charge in [-0.25, -0.2) is 0 Å². The molecule has 6 nitrogen and oxygen atoms in total. The Kier molecular flexibility index (Phi) is 67.4. The second-order valence-electron chi connectivity index (χ2n) is 24.9. The molecule has 0 spiro atoms. The van der Waals surface area contributed by atoms with Crippen LogP contribution in [0.4, 0.5) is 0 Å². The highest BCUT2D eigenvalue weighted by atomic mass is 16.5. The molecule has 1 amide bonds. The Morgan fingerprint density at radius 2 is 0.595 bits per heavy atom. The highest BCUT2D eigenvalue weighted by Gasteiger charge is 2.18. The second-order valence-corrected chi connectivity index (χ2v) is 24.9. The molecule has 3 N–H and O–H groups in total. The maximum Gasteiger partial charge on any atom is 0.305 e. The van der Waals surface area contributed by atoms with E-state index in [0.717, 1.165) is 38.5 Å². The fourth-order valence-corrected chi connectivity index (χ4v) is 11.5. The van der Waals surface area contributed by atoms with Gasteiger partial charge in [0.25, 0.3) is 0 Å². The molecule has 468 valence electrons. The van der Waals surface area contributed by atoms with Crippen LogP contribution in [0.2, 0.25) is 0 Å². The maximum atomic E-state index is 12.4. The number of carbonyl (C=O) groups is 2. The lowest BCUT2D eigenvalue weighted by Crippen LogP contribution is -2.45. The van der Waals surface area contributed by atoms with Crippen molar-refractivity contribution in [1.82, 2.24) is 5.32 Å². The van der Waals surface area contributed by atoms with Crippen molar-refractivity contribution in [3.05, 3.63) is 24.3 Å². The van der Waals surface area contributed by atoms with Gasteiger partial charge in [0.15, 0.2) is 0 Å². The van der Waals surface area contributed by atoms with E-state index in [9.17, 15) is 19.8 Å². The molecule has 0 saturated carbocycles. The van der Waals surface area contributed by atoms with Gasteiger partial charge in [0.05, 0.1) is 25.4 Å². The van der Waals surface area contributed by atoms with Crippen LogP contribution in [-0.4, -0.2) is 47.4 Å². The van der Waals surface area contributed by atoms with Crippen molar-refractivity contribution in [3.8, 4) is 0 Å². The number of hydrogen-bond donors (Lipinski definition) is 3. The molecule has 0 aromatic rings. The summed E-state index contributed by atoms with van der Waals surface area (Å²) in [5.74, 6) is -0.0405. The summed E-state index contributed by atoms with van der Waals surface area (Å²) in [6.45, 7) is 4.91. The number of ether oxygens (including phenoxy) is 1. The number of hydrogen-bond acceptors (Lipinski definition) is 5. The number of unbranched alkanes of at least 4 members (excludes halogenated alkanes) is 55. The van der Waals surface area contributed by atoms with Crippen molar-refractivity contribution in [3.63, 3.8) is 0 Å². The summed E-state index contributed by atoms with van der Waals surface area (Å²) in [5.41, 5.74) is 0. The molecule has 6 heteroatoms. The van der Waals surface area contributed by atoms with Crippen LogP contribution in [0.15, 0.2) is 24.3 Å². The Hall–Kier alpha value is -1.66. The van der Waals surface area contributed by atoms with Crippen LogP contribution < -0.4 is 5.32 Å². The van der Waals surface area contributed by atoms with E-state index in [0.29, 0.717) is 19.4 Å². The number of allylic oxidation sites excluding steroid dienone is 3. The van der Waals surface area contributed by atoms with E-state index in [-0.39, 0.29) is 18.5 Å². The summed E-state index contributed by atoms with van der Waals surface area (Å²) in [7, 11) is 0. The first kappa shape index (κ1) is 77.3. The predicted octanol–water partition coefficient (Wildman–Crippen LogP) is 23.3. The molecule has 0 aliphatic rings. The molecule has 0 aromatic carbocycles. The van der Waals surface area contributed by atoms with E-state index in [1.165, 1.54) is 340 Å². The average molecular weight is 1110 g/mol. The normalized spacial score (nSPS) is 12.6. The number of rotatable bonds is 68. The van der Waals surface area contributed by atoms with E-state index >= 15 is 0 Å². The first-order valence-electron chi connectivity index (χ1n) is 36.1. The Morgan fingerprint density at radius 1 is 0.342 bits per heavy atom. The van der Waals surface area contributed by atoms with Crippen LogP contribution in [0.3, 0.4) is 0 Å². The summed E-state index contributed by atoms with van der Waals surface area (Å²) >= 11 is 0. The van der Waals surface area contributed by atoms with E-state index in [1.54, 1.807) is 6.08 Å². The number of esters is 1. The van der Waals surface area contributed by atoms with Crippen molar-refractivity contribution < 1.29 is 24.5 Å². The Balaban J connectivity index is 3.30. The predicted molar refractivity (Wildman–Crippen MR) is 347 cm³/mol. The lowest BCUT2D eigenvalue weighted by molar-refractivity contribution is -0.143. The minimum Gasteiger partial charge on any atom is -0.466 e. The molecule has 0 radical (unpaired) electrons. The summed E-state index contributed by atoms with van der Waals surface area (Å²) in [4.78, 5) is 24.5. The third-order valence-electron chi connectivity index (χ3n) is 17.0. The summed E-state index contributed by atoms with van der Waals surface area (Å²) in [6, 6.07) is -0.622. The van der Waals surface area contributed by atoms with Gasteiger partial charge in [-0.3, -0.25) is 9.59 Å². The topological polar surface area (TPSA) is 95.9 Å². The summed E-state index contributed by atoms with van der Waals surface area (Å²) in [6.07, 6.45) is 87.2. The van der Waals surface area contributed by atoms with Gasteiger partial charge in [0, 0.05) is 12.8 Å². The van der Waals surface area contributed by atoms with Gasteiger partial charge in [-0.15, -0.1) is 0 Å². The molecule has 0 fully saturated rings. The SMILES string of the molecule is CCCCCCCCC/C=C/C(O)C(CO)NC(=O)CCCCCCCCCCCCCCCCCCC/C=C\CCCCCCCCCCCCCCCCOC(=O)CCCCCCCCCCCCCCCCCCCC. The molecule has 0 heterocycles. The zero-order valence-corrected chi connectivity index (χ0v) is 53.6. The molecular weight excluding hydrogens is 971 g/mol. The molecular formula is C73H141NO5. The third kappa shape index (κ3) is 65.4. The van der Waals surface area contributed by atoms with E-state index in [2.05, 4.69) is 31.3 Å². The van der Waals surface area contributed by atoms with Gasteiger partial charge in [-0.2, -0.15) is 0 Å². The molecule has 0 bridgehead atoms. The molecule has 0 rings (SSSR count). The van der Waals surface area contributed by atoms with Crippen LogP contribution in [0.5, 0.6) is 0 Å². The number of nitrogens with one attached hydrogen (secondary N) is 1. The smallest absolute Gasteiger partial charge is 0.305 e. The van der Waals surface area contributed by atoms with Crippen molar-refractivity contribution >= 4 is 11.9 Å². The molecule has 0 aromatic heterocycles. The monoisotopic (exact) mass is 1110 g/mol. The largest absolute Gasteiger partial charge is 0.466 e. The Morgan fingerprint density at radius 3 is 0.899 bits per heavy atom. The maximum absolute atomic E-state index is 12.4. The fourth-order valence-electron chi connectivity index (χ4n) is 11.5. The lowest BCUT2D eigenvalue weighted by atomic mass is 10.0. The van der Waals surface area contributed by atoms with Crippen LogP contribution in [-0.2, 0) is 14.3 Å². The van der Waals surface area contributed by atoms with Gasteiger partial charge in [-0.05, 0) is 57.8 Å². The van der Waals surface area contributed by atoms with Gasteiger partial charge in [0.1, 0.15) is 0 Å². The minimum absolute atomic E-state index is 0.0250. The van der Waals surface area contributed by atoms with Crippen LogP contribution in [0, 0.1) is 0 Å². The number of amides is 1. The zero-order valence-electron chi connectivity index (χ0n) is 53.6. The Bertz CT molecular complexity index is 1230. The molecule has 0 aliphatic heterocycles. The highest BCUT2D eigenvalue weighted by molar-refractivity contribution is 5.76. The Labute approximate surface area is 494 Å². The van der Waals surface area contributed by atoms with Crippen molar-refractivity contribution in [2.24, 2.45) is 0 Å². The zero-order chi connectivity index (χ0) is 57.1. The second kappa shape index (κ2) is 68.8. The van der Waals surface area contributed by atoms with Gasteiger partial charge >= 0.3 is 5.97 Å². The van der Waals surface area contributed by atoms with E-state index in [4.69, 9.17) is 4.74 Å². The molecule has 2 unspecified atom stereocenters. The quantitative estimate of drug-likeness (QED) is 0.0320. The number of aliphatic hydroxyl groups excluding tert-OH is 2. The highest BCUT2D eigenvalue weighted by Crippen LogP contribution is 2.19. The van der Waals surface area contributed by atoms with Crippen LogP contribution in [0.1, 0.15) is 406 Å². The lowest BCUT2D eigenvalue weighted by Gasteiger charge is -2.20. The van der Waals surface area contributed by atoms with Crippen molar-refractivity contribution in [2.75, 3.05) is 13.2 Å². The van der Waals surface area contributed by atoms with Gasteiger partial charge in [-0.1, -0.05) is 359 Å². The van der Waals surface area contributed by atoms with Crippen LogP contribution in [0.25, 0.3) is 0 Å². The fraction of sp³-hybridized carbons (Fsp3) is 0.918. The summed E-state index contributed by atoms with van der Waals surface area (Å²) < 4.78 is 5.51. The third-order valence-corrected chi connectivity index (χ3v) is 17.0. The van der Waals surface area contributed by atoms with Crippen molar-refractivity contribution in [2.45, 2.75) is 418 Å². The average Bonchev–Trinajstić information content (AvgIpc) is 3.45. The van der Waals surface area contributed by atoms with E-state index < -0.39 is 12.1 Å². The van der Waals surface area contributed by atoms with E-state index in [1.807, 2.05) is 6.08 Å². The molecule has 79 heavy (non-hydrogen) atoms. The molecule has 0 aliphatic carbocycles.